The number of pyridine rings is 1. The van der Waals surface area contributed by atoms with E-state index in [1.54, 1.807) is 0 Å². The molecule has 220 valence electrons. The van der Waals surface area contributed by atoms with E-state index in [2.05, 4.69) is 24.6 Å². The Morgan fingerprint density at radius 1 is 1.12 bits per heavy atom. The van der Waals surface area contributed by atoms with Crippen LogP contribution in [0.25, 0.3) is 33.1 Å². The first kappa shape index (κ1) is 28.8. The first-order valence-electron chi connectivity index (χ1n) is 14.3. The summed E-state index contributed by atoms with van der Waals surface area (Å²) in [5, 5.41) is 12.7. The summed E-state index contributed by atoms with van der Waals surface area (Å²) in [7, 11) is 2.08. The van der Waals surface area contributed by atoms with Crippen molar-refractivity contribution < 1.29 is 13.9 Å². The van der Waals surface area contributed by atoms with E-state index in [0.29, 0.717) is 40.7 Å². The number of fused-ring (bicyclic) bond motifs is 2. The van der Waals surface area contributed by atoms with Gasteiger partial charge in [0.2, 0.25) is 0 Å². The molecule has 0 bridgehead atoms. The number of anilines is 1. The Kier molecular flexibility index (Phi) is 8.10. The van der Waals surface area contributed by atoms with Gasteiger partial charge >= 0.3 is 6.01 Å². The van der Waals surface area contributed by atoms with Gasteiger partial charge in [-0.1, -0.05) is 48.5 Å². The van der Waals surface area contributed by atoms with Crippen LogP contribution in [-0.4, -0.2) is 82.6 Å². The minimum Gasteiger partial charge on any atom is -0.462 e. The highest BCUT2D eigenvalue weighted by molar-refractivity contribution is 6.36. The molecule has 0 spiro atoms. The molecule has 6 rings (SSSR count). The van der Waals surface area contributed by atoms with Crippen molar-refractivity contribution in [3.05, 3.63) is 66.0 Å². The molecule has 0 unspecified atom stereocenters. The second-order valence-electron chi connectivity index (χ2n) is 11.0. The zero-order chi connectivity index (χ0) is 30.1. The van der Waals surface area contributed by atoms with Crippen molar-refractivity contribution >= 4 is 45.1 Å². The largest absolute Gasteiger partial charge is 0.462 e. The van der Waals surface area contributed by atoms with Crippen LogP contribution in [0, 0.1) is 11.3 Å². The average molecular weight is 600 g/mol. The van der Waals surface area contributed by atoms with Crippen molar-refractivity contribution in [2.24, 2.45) is 0 Å². The SMILES string of the molecule is C=C(F)C(=O)N1CCN(c2nc(OC[C@@H]3CCCN3C)nc3nc(-c4cccc5cccc(Cl)c45)ccc23)C[C@@H]1CC#N. The summed E-state index contributed by atoms with van der Waals surface area (Å²) in [5.74, 6) is -1.25. The maximum absolute atomic E-state index is 13.8. The van der Waals surface area contributed by atoms with Crippen molar-refractivity contribution in [2.45, 2.75) is 31.3 Å². The first-order valence-corrected chi connectivity index (χ1v) is 14.7. The van der Waals surface area contributed by atoms with Gasteiger partial charge in [0.05, 0.1) is 29.6 Å². The molecule has 2 saturated heterocycles. The van der Waals surface area contributed by atoms with Crippen LogP contribution in [0.4, 0.5) is 10.2 Å². The Morgan fingerprint density at radius 2 is 1.93 bits per heavy atom. The fourth-order valence-corrected chi connectivity index (χ4v) is 6.33. The molecule has 43 heavy (non-hydrogen) atoms. The van der Waals surface area contributed by atoms with Crippen molar-refractivity contribution in [1.29, 1.82) is 5.26 Å². The van der Waals surface area contributed by atoms with E-state index in [0.717, 1.165) is 35.7 Å². The summed E-state index contributed by atoms with van der Waals surface area (Å²) in [4.78, 5) is 32.6. The number of amides is 1. The Hall–Kier alpha value is -4.33. The van der Waals surface area contributed by atoms with Gasteiger partial charge in [0.15, 0.2) is 11.5 Å². The van der Waals surface area contributed by atoms with E-state index in [9.17, 15) is 14.4 Å². The zero-order valence-corrected chi connectivity index (χ0v) is 24.6. The standard InChI is InChI=1S/C32H31ClFN7O2/c1-20(34)31(42)41-17-16-40(18-22(41)13-14-35)30-25-11-12-27(24-9-3-6-21-7-4-10-26(33)28(21)24)36-29(25)37-32(38-30)43-19-23-8-5-15-39(23)2/h3-4,6-7,9-12,22-23H,1,5,8,13,15-19H2,2H3/t22-,23-/m0/s1. The number of rotatable bonds is 7. The van der Waals surface area contributed by atoms with Crippen molar-refractivity contribution in [3.63, 3.8) is 0 Å². The normalized spacial score (nSPS) is 19.1. The van der Waals surface area contributed by atoms with Gasteiger partial charge in [0, 0.05) is 41.6 Å². The minimum absolute atomic E-state index is 0.0418. The lowest BCUT2D eigenvalue weighted by molar-refractivity contribution is -0.131. The third-order valence-corrected chi connectivity index (χ3v) is 8.64. The number of nitrogens with zero attached hydrogens (tertiary/aromatic N) is 7. The van der Waals surface area contributed by atoms with Crippen LogP contribution in [0.15, 0.2) is 60.9 Å². The minimum atomic E-state index is -1.04. The van der Waals surface area contributed by atoms with Crippen molar-refractivity contribution in [1.82, 2.24) is 24.8 Å². The molecule has 2 atom stereocenters. The number of likely N-dealkylation sites (N-methyl/N-ethyl adjacent to an activating group) is 1. The number of piperazine rings is 1. The number of likely N-dealkylation sites (tertiary alicyclic amines) is 1. The third kappa shape index (κ3) is 5.70. The maximum Gasteiger partial charge on any atom is 0.320 e. The lowest BCUT2D eigenvalue weighted by Gasteiger charge is -2.41. The molecule has 2 aliphatic rings. The molecule has 2 aromatic heterocycles. The second-order valence-corrected chi connectivity index (χ2v) is 11.4. The molecule has 9 nitrogen and oxygen atoms in total. The summed E-state index contributed by atoms with van der Waals surface area (Å²) in [6, 6.07) is 17.7. The molecule has 0 saturated carbocycles. The number of hydrogen-bond acceptors (Lipinski definition) is 8. The quantitative estimate of drug-likeness (QED) is 0.261. The van der Waals surface area contributed by atoms with Gasteiger partial charge in [-0.05, 0) is 50.0 Å². The molecule has 11 heteroatoms. The summed E-state index contributed by atoms with van der Waals surface area (Å²) >= 11 is 6.63. The van der Waals surface area contributed by atoms with E-state index in [-0.39, 0.29) is 31.6 Å². The van der Waals surface area contributed by atoms with Gasteiger partial charge in [0.25, 0.3) is 5.91 Å². The van der Waals surface area contributed by atoms with Crippen LogP contribution >= 0.6 is 11.6 Å². The number of hydrogen-bond donors (Lipinski definition) is 0. The number of benzene rings is 2. The van der Waals surface area contributed by atoms with Crippen molar-refractivity contribution in [3.8, 4) is 23.3 Å². The molecule has 1 amide bonds. The summed E-state index contributed by atoms with van der Waals surface area (Å²) in [5.41, 5.74) is 2.04. The summed E-state index contributed by atoms with van der Waals surface area (Å²) in [6.45, 7) is 5.49. The molecular formula is C32H31ClFN7O2. The predicted octanol–water partition coefficient (Wildman–Crippen LogP) is 5.39. The molecule has 0 aliphatic carbocycles. The van der Waals surface area contributed by atoms with E-state index in [1.165, 1.54) is 4.90 Å². The molecule has 4 heterocycles. The third-order valence-electron chi connectivity index (χ3n) is 8.33. The number of halogens is 2. The highest BCUT2D eigenvalue weighted by Gasteiger charge is 2.33. The molecule has 4 aromatic rings. The Balaban J connectivity index is 1.41. The predicted molar refractivity (Wildman–Crippen MR) is 165 cm³/mol. The van der Waals surface area contributed by atoms with E-state index in [1.807, 2.05) is 53.4 Å². The first-order chi connectivity index (χ1) is 20.8. The highest BCUT2D eigenvalue weighted by atomic mass is 35.5. The van der Waals surface area contributed by atoms with Crippen LogP contribution in [0.3, 0.4) is 0 Å². The van der Waals surface area contributed by atoms with Crippen LogP contribution < -0.4 is 9.64 Å². The summed E-state index contributed by atoms with van der Waals surface area (Å²) < 4.78 is 19.9. The molecule has 2 aromatic carbocycles. The zero-order valence-electron chi connectivity index (χ0n) is 23.8. The smallest absolute Gasteiger partial charge is 0.320 e. The number of aromatic nitrogens is 3. The van der Waals surface area contributed by atoms with Crippen LogP contribution in [-0.2, 0) is 4.79 Å². The topological polar surface area (TPSA) is 98.5 Å². The van der Waals surface area contributed by atoms with Crippen LogP contribution in [0.5, 0.6) is 6.01 Å². The van der Waals surface area contributed by atoms with Gasteiger partial charge in [-0.2, -0.15) is 15.2 Å². The van der Waals surface area contributed by atoms with E-state index < -0.39 is 17.8 Å². The monoisotopic (exact) mass is 599 g/mol. The molecular weight excluding hydrogens is 569 g/mol. The number of nitriles is 1. The lowest BCUT2D eigenvalue weighted by atomic mass is 10.0. The second kappa shape index (κ2) is 12.1. The number of carbonyl (C=O) groups is 1. The molecule has 2 fully saturated rings. The summed E-state index contributed by atoms with van der Waals surface area (Å²) in [6.07, 6.45) is 2.19. The number of carbonyl (C=O) groups excluding carboxylic acids is 1. The van der Waals surface area contributed by atoms with Gasteiger partial charge in [-0.3, -0.25) is 4.79 Å². The van der Waals surface area contributed by atoms with Gasteiger partial charge in [0.1, 0.15) is 12.4 Å². The Morgan fingerprint density at radius 3 is 2.67 bits per heavy atom. The van der Waals surface area contributed by atoms with Gasteiger partial charge < -0.3 is 19.4 Å². The van der Waals surface area contributed by atoms with Gasteiger partial charge in [-0.25, -0.2) is 9.37 Å². The Labute approximate surface area is 254 Å². The molecule has 0 radical (unpaired) electrons. The Bertz CT molecular complexity index is 1750. The van der Waals surface area contributed by atoms with Crippen LogP contribution in [0.2, 0.25) is 5.02 Å². The fraction of sp³-hybridized carbons (Fsp3) is 0.344. The fourth-order valence-electron chi connectivity index (χ4n) is 6.05. The van der Waals surface area contributed by atoms with Gasteiger partial charge in [-0.15, -0.1) is 0 Å². The van der Waals surface area contributed by atoms with Crippen molar-refractivity contribution in [2.75, 3.05) is 44.7 Å². The maximum atomic E-state index is 13.8. The molecule has 2 aliphatic heterocycles. The van der Waals surface area contributed by atoms with E-state index in [4.69, 9.17) is 31.3 Å². The molecule has 0 N–H and O–H groups in total. The van der Waals surface area contributed by atoms with E-state index >= 15 is 0 Å². The average Bonchev–Trinajstić information content (AvgIpc) is 3.43. The van der Waals surface area contributed by atoms with Crippen LogP contribution in [0.1, 0.15) is 19.3 Å². The highest BCUT2D eigenvalue weighted by Crippen LogP contribution is 2.35. The lowest BCUT2D eigenvalue weighted by Crippen LogP contribution is -2.55. The number of ether oxygens (including phenoxy) is 1.